The molecule has 5 nitrogen and oxygen atoms in total. The molecular weight excluding hydrogens is 268 g/mol. The minimum absolute atomic E-state index is 0.00765. The number of carbonyl (C=O) groups is 1. The fraction of sp³-hybridized carbons (Fsp3) is 0.562. The number of ether oxygens (including phenoxy) is 2. The number of benzene rings is 1. The van der Waals surface area contributed by atoms with Crippen molar-refractivity contribution in [3.8, 4) is 11.5 Å². The minimum atomic E-state index is -0.637. The molecule has 21 heavy (non-hydrogen) atoms. The lowest BCUT2D eigenvalue weighted by atomic mass is 9.83. The summed E-state index contributed by atoms with van der Waals surface area (Å²) in [6.45, 7) is 5.08. The maximum absolute atomic E-state index is 12.4. The molecule has 0 heterocycles. The zero-order valence-electron chi connectivity index (χ0n) is 13.4. The van der Waals surface area contributed by atoms with Crippen LogP contribution in [0, 0.1) is 0 Å². The molecule has 1 rings (SSSR count). The predicted octanol–water partition coefficient (Wildman–Crippen LogP) is 1.84. The summed E-state index contributed by atoms with van der Waals surface area (Å²) < 4.78 is 10.5. The van der Waals surface area contributed by atoms with E-state index >= 15 is 0 Å². The Labute approximate surface area is 126 Å². The molecular formula is C16H26N2O3. The first kappa shape index (κ1) is 17.3. The van der Waals surface area contributed by atoms with E-state index in [0.29, 0.717) is 24.6 Å². The number of amides is 1. The summed E-state index contributed by atoms with van der Waals surface area (Å²) in [6, 6.07) is 5.55. The normalized spacial score (nSPS) is 11.1. The largest absolute Gasteiger partial charge is 0.493 e. The lowest BCUT2D eigenvalue weighted by Crippen LogP contribution is -2.40. The van der Waals surface area contributed by atoms with Crippen LogP contribution in [0.1, 0.15) is 32.3 Å². The third-order valence-corrected chi connectivity index (χ3v) is 3.59. The topological polar surface area (TPSA) is 73.6 Å². The van der Waals surface area contributed by atoms with Gasteiger partial charge in [0.25, 0.3) is 0 Å². The van der Waals surface area contributed by atoms with Crippen molar-refractivity contribution in [2.24, 2.45) is 5.73 Å². The van der Waals surface area contributed by atoms with Gasteiger partial charge in [0, 0.05) is 6.54 Å². The van der Waals surface area contributed by atoms with Gasteiger partial charge in [-0.25, -0.2) is 0 Å². The van der Waals surface area contributed by atoms with E-state index in [4.69, 9.17) is 15.2 Å². The van der Waals surface area contributed by atoms with Gasteiger partial charge >= 0.3 is 0 Å². The number of methoxy groups -OCH3 is 2. The van der Waals surface area contributed by atoms with Crippen molar-refractivity contribution >= 4 is 5.91 Å². The fourth-order valence-corrected chi connectivity index (χ4v) is 2.05. The number of hydrogen-bond acceptors (Lipinski definition) is 4. The highest BCUT2D eigenvalue weighted by Crippen LogP contribution is 2.33. The van der Waals surface area contributed by atoms with Crippen molar-refractivity contribution in [3.05, 3.63) is 23.8 Å². The van der Waals surface area contributed by atoms with E-state index in [2.05, 4.69) is 5.32 Å². The zero-order chi connectivity index (χ0) is 15.9. The van der Waals surface area contributed by atoms with Gasteiger partial charge in [0.2, 0.25) is 5.91 Å². The Balaban J connectivity index is 2.83. The highest BCUT2D eigenvalue weighted by atomic mass is 16.5. The third kappa shape index (κ3) is 4.36. The second kappa shape index (κ2) is 7.88. The molecule has 0 aromatic heterocycles. The lowest BCUT2D eigenvalue weighted by Gasteiger charge is -2.25. The number of nitrogens with two attached hydrogens (primary N) is 1. The van der Waals surface area contributed by atoms with Crippen molar-refractivity contribution in [2.75, 3.05) is 27.3 Å². The summed E-state index contributed by atoms with van der Waals surface area (Å²) in [6.07, 6.45) is 1.81. The molecule has 0 radical (unpaired) electrons. The van der Waals surface area contributed by atoms with Crippen LogP contribution in [-0.2, 0) is 10.2 Å². The molecule has 0 aliphatic carbocycles. The van der Waals surface area contributed by atoms with E-state index in [1.54, 1.807) is 14.2 Å². The van der Waals surface area contributed by atoms with E-state index < -0.39 is 5.41 Å². The number of carbonyl (C=O) groups excluding carboxylic acids is 1. The number of unbranched alkanes of at least 4 members (excludes halogenated alkanes) is 1. The van der Waals surface area contributed by atoms with Crippen LogP contribution in [0.25, 0.3) is 0 Å². The van der Waals surface area contributed by atoms with Gasteiger partial charge < -0.3 is 20.5 Å². The van der Waals surface area contributed by atoms with Crippen LogP contribution in [0.3, 0.4) is 0 Å². The second-order valence-electron chi connectivity index (χ2n) is 5.45. The molecule has 3 N–H and O–H groups in total. The number of hydrogen-bond donors (Lipinski definition) is 2. The van der Waals surface area contributed by atoms with Crippen molar-refractivity contribution in [1.82, 2.24) is 5.32 Å². The summed E-state index contributed by atoms with van der Waals surface area (Å²) in [4.78, 5) is 12.4. The molecule has 0 saturated carbocycles. The van der Waals surface area contributed by atoms with Gasteiger partial charge in [0.1, 0.15) is 0 Å². The summed E-state index contributed by atoms with van der Waals surface area (Å²) in [7, 11) is 3.17. The molecule has 1 amide bonds. The van der Waals surface area contributed by atoms with Gasteiger partial charge in [-0.1, -0.05) is 6.07 Å². The van der Waals surface area contributed by atoms with Crippen LogP contribution in [-0.4, -0.2) is 33.2 Å². The number of rotatable bonds is 8. The summed E-state index contributed by atoms with van der Waals surface area (Å²) >= 11 is 0. The van der Waals surface area contributed by atoms with E-state index in [-0.39, 0.29) is 5.91 Å². The maximum atomic E-state index is 12.4. The highest BCUT2D eigenvalue weighted by molar-refractivity contribution is 5.87. The van der Waals surface area contributed by atoms with Crippen molar-refractivity contribution in [1.29, 1.82) is 0 Å². The first-order valence-corrected chi connectivity index (χ1v) is 7.18. The Morgan fingerprint density at radius 2 is 1.86 bits per heavy atom. The summed E-state index contributed by atoms with van der Waals surface area (Å²) in [5.74, 6) is 1.27. The Hall–Kier alpha value is -1.75. The molecule has 0 atom stereocenters. The quantitative estimate of drug-likeness (QED) is 0.717. The molecule has 0 fully saturated rings. The Morgan fingerprint density at radius 3 is 2.43 bits per heavy atom. The first-order valence-electron chi connectivity index (χ1n) is 7.18. The molecule has 0 aliphatic rings. The van der Waals surface area contributed by atoms with Gasteiger partial charge in [-0.05, 0) is 50.9 Å². The van der Waals surface area contributed by atoms with Crippen LogP contribution < -0.4 is 20.5 Å². The number of nitrogens with one attached hydrogen (secondary N) is 1. The minimum Gasteiger partial charge on any atom is -0.493 e. The Morgan fingerprint density at radius 1 is 1.19 bits per heavy atom. The summed E-state index contributed by atoms with van der Waals surface area (Å²) in [5.41, 5.74) is 5.69. The van der Waals surface area contributed by atoms with Gasteiger partial charge in [-0.3, -0.25) is 4.79 Å². The third-order valence-electron chi connectivity index (χ3n) is 3.59. The zero-order valence-corrected chi connectivity index (χ0v) is 13.4. The van der Waals surface area contributed by atoms with Gasteiger partial charge in [-0.2, -0.15) is 0 Å². The monoisotopic (exact) mass is 294 g/mol. The molecule has 0 saturated heterocycles. The van der Waals surface area contributed by atoms with Crippen molar-refractivity contribution in [3.63, 3.8) is 0 Å². The molecule has 0 spiro atoms. The van der Waals surface area contributed by atoms with Crippen molar-refractivity contribution < 1.29 is 14.3 Å². The summed E-state index contributed by atoms with van der Waals surface area (Å²) in [5, 5.41) is 2.96. The van der Waals surface area contributed by atoms with E-state index in [1.165, 1.54) is 0 Å². The molecule has 118 valence electrons. The van der Waals surface area contributed by atoms with Gasteiger partial charge in [-0.15, -0.1) is 0 Å². The SMILES string of the molecule is COc1ccc(C(C)(C)C(=O)NCCCCN)cc1OC. The second-order valence-corrected chi connectivity index (χ2v) is 5.45. The lowest BCUT2D eigenvalue weighted by molar-refractivity contribution is -0.125. The van der Waals surface area contributed by atoms with Crippen LogP contribution >= 0.6 is 0 Å². The highest BCUT2D eigenvalue weighted by Gasteiger charge is 2.30. The molecule has 1 aromatic rings. The van der Waals surface area contributed by atoms with Crippen molar-refractivity contribution in [2.45, 2.75) is 32.1 Å². The molecule has 0 bridgehead atoms. The molecule has 0 aliphatic heterocycles. The van der Waals surface area contributed by atoms with Crippen LogP contribution in [0.15, 0.2) is 18.2 Å². The Bertz CT molecular complexity index is 473. The standard InChI is InChI=1S/C16H26N2O3/c1-16(2,15(19)18-10-6-5-9-17)12-7-8-13(20-3)14(11-12)21-4/h7-8,11H,5-6,9-10,17H2,1-4H3,(H,18,19). The first-order chi connectivity index (χ1) is 9.97. The molecule has 0 unspecified atom stereocenters. The van der Waals surface area contributed by atoms with Crippen LogP contribution in [0.2, 0.25) is 0 Å². The maximum Gasteiger partial charge on any atom is 0.230 e. The molecule has 5 heteroatoms. The van der Waals surface area contributed by atoms with E-state index in [1.807, 2.05) is 32.0 Å². The van der Waals surface area contributed by atoms with Gasteiger partial charge in [0.15, 0.2) is 11.5 Å². The van der Waals surface area contributed by atoms with Gasteiger partial charge in [0.05, 0.1) is 19.6 Å². The fourth-order valence-electron chi connectivity index (χ4n) is 2.05. The van der Waals surface area contributed by atoms with Crippen LogP contribution in [0.5, 0.6) is 11.5 Å². The average molecular weight is 294 g/mol. The van der Waals surface area contributed by atoms with E-state index in [0.717, 1.165) is 18.4 Å². The molecule has 1 aromatic carbocycles. The Kier molecular flexibility index (Phi) is 6.49. The smallest absolute Gasteiger partial charge is 0.230 e. The van der Waals surface area contributed by atoms with E-state index in [9.17, 15) is 4.79 Å². The van der Waals surface area contributed by atoms with Crippen LogP contribution in [0.4, 0.5) is 0 Å². The predicted molar refractivity (Wildman–Crippen MR) is 83.9 cm³/mol. The average Bonchev–Trinajstić information content (AvgIpc) is 2.50.